The highest BCUT2D eigenvalue weighted by Gasteiger charge is 2.38. The van der Waals surface area contributed by atoms with Crippen LogP contribution in [0.2, 0.25) is 0 Å². The summed E-state index contributed by atoms with van der Waals surface area (Å²) in [5.74, 6) is -0.392. The summed E-state index contributed by atoms with van der Waals surface area (Å²) >= 11 is 0. The molecule has 0 N–H and O–H groups in total. The summed E-state index contributed by atoms with van der Waals surface area (Å²) in [4.78, 5) is 17.4. The smallest absolute Gasteiger partial charge is 0.307 e. The third-order valence-electron chi connectivity index (χ3n) is 3.63. The van der Waals surface area contributed by atoms with Crippen LogP contribution in [-0.2, 0) is 15.0 Å². The number of halogens is 1. The van der Waals surface area contributed by atoms with E-state index in [1.54, 1.807) is 30.5 Å². The summed E-state index contributed by atoms with van der Waals surface area (Å²) < 4.78 is 34.9. The molecule has 0 bridgehead atoms. The maximum Gasteiger partial charge on any atom is 0.307 e. The molecule has 1 aromatic carbocycles. The number of benzene rings is 1. The Morgan fingerprint density at radius 3 is 2.41 bits per heavy atom. The van der Waals surface area contributed by atoms with Gasteiger partial charge >= 0.3 is 10.2 Å². The molecular weight excluding hydrogens is 307 g/mol. The molecule has 7 heteroatoms. The summed E-state index contributed by atoms with van der Waals surface area (Å²) in [6.45, 7) is -0.152. The fraction of sp³-hybridized carbons (Fsp3) is 0.200. The highest BCUT2D eigenvalue weighted by Crippen LogP contribution is 2.27. The minimum Gasteiger partial charge on any atom is -0.311 e. The Bertz CT molecular complexity index is 791. The third-order valence-corrected chi connectivity index (χ3v) is 4.74. The first kappa shape index (κ1) is 14.6. The Labute approximate surface area is 127 Å². The molecular formula is C15H13FN2O3S. The molecule has 2 heterocycles. The van der Waals surface area contributed by atoms with Crippen LogP contribution in [0.15, 0.2) is 48.7 Å². The zero-order valence-corrected chi connectivity index (χ0v) is 12.3. The summed E-state index contributed by atoms with van der Waals surface area (Å²) in [6.07, 6.45) is 1.37. The summed E-state index contributed by atoms with van der Waals surface area (Å²) in [7, 11) is -4.70. The van der Waals surface area contributed by atoms with Gasteiger partial charge in [0.1, 0.15) is 5.25 Å². The number of nitrogens with zero attached hydrogens (tertiary/aromatic N) is 2. The maximum absolute atomic E-state index is 13.0. The van der Waals surface area contributed by atoms with Gasteiger partial charge in [-0.05, 0) is 24.3 Å². The predicted octanol–water partition coefficient (Wildman–Crippen LogP) is 2.15. The van der Waals surface area contributed by atoms with E-state index in [4.69, 9.17) is 0 Å². The lowest BCUT2D eigenvalue weighted by Crippen LogP contribution is -2.26. The fourth-order valence-electron chi connectivity index (χ4n) is 2.46. The van der Waals surface area contributed by atoms with Crippen molar-refractivity contribution in [3.63, 3.8) is 0 Å². The van der Waals surface area contributed by atoms with Gasteiger partial charge in [-0.25, -0.2) is 0 Å². The number of aromatic nitrogens is 1. The first-order valence-electron chi connectivity index (χ1n) is 6.70. The SMILES string of the molecule is O=C1CC(S(=O)(=O)F)CN1c1ccc(-c2ccccn2)cc1. The van der Waals surface area contributed by atoms with Crippen molar-refractivity contribution in [2.75, 3.05) is 11.4 Å². The average Bonchev–Trinajstić information content (AvgIpc) is 2.90. The van der Waals surface area contributed by atoms with Gasteiger partial charge in [-0.2, -0.15) is 8.42 Å². The highest BCUT2D eigenvalue weighted by molar-refractivity contribution is 7.87. The van der Waals surface area contributed by atoms with E-state index in [2.05, 4.69) is 4.98 Å². The molecule has 5 nitrogen and oxygen atoms in total. The van der Waals surface area contributed by atoms with Crippen molar-refractivity contribution in [1.82, 2.24) is 4.98 Å². The van der Waals surface area contributed by atoms with Gasteiger partial charge in [0.15, 0.2) is 0 Å². The number of pyridine rings is 1. The fourth-order valence-corrected chi connectivity index (χ4v) is 3.13. The number of hydrogen-bond donors (Lipinski definition) is 0. The second kappa shape index (κ2) is 5.49. The van der Waals surface area contributed by atoms with E-state index in [-0.39, 0.29) is 13.0 Å². The number of carbonyl (C=O) groups is 1. The molecule has 0 aliphatic carbocycles. The molecule has 1 aliphatic rings. The van der Waals surface area contributed by atoms with Crippen LogP contribution in [0.1, 0.15) is 6.42 Å². The molecule has 0 radical (unpaired) electrons. The number of hydrogen-bond acceptors (Lipinski definition) is 4. The molecule has 1 aliphatic heterocycles. The second-order valence-corrected chi connectivity index (χ2v) is 6.69. The van der Waals surface area contributed by atoms with E-state index >= 15 is 0 Å². The van der Waals surface area contributed by atoms with Crippen LogP contribution in [-0.4, -0.2) is 31.1 Å². The second-order valence-electron chi connectivity index (χ2n) is 5.07. The van der Waals surface area contributed by atoms with Gasteiger partial charge < -0.3 is 4.90 Å². The van der Waals surface area contributed by atoms with Gasteiger partial charge in [-0.1, -0.05) is 18.2 Å². The molecule has 2 aromatic rings. The lowest BCUT2D eigenvalue weighted by atomic mass is 10.1. The van der Waals surface area contributed by atoms with Gasteiger partial charge in [-0.3, -0.25) is 9.78 Å². The van der Waals surface area contributed by atoms with Crippen molar-refractivity contribution in [2.45, 2.75) is 11.7 Å². The van der Waals surface area contributed by atoms with Gasteiger partial charge in [0.25, 0.3) is 0 Å². The zero-order valence-electron chi connectivity index (χ0n) is 11.5. The first-order valence-corrected chi connectivity index (χ1v) is 8.15. The summed E-state index contributed by atoms with van der Waals surface area (Å²) in [6, 6.07) is 12.5. The lowest BCUT2D eigenvalue weighted by molar-refractivity contribution is -0.117. The Balaban J connectivity index is 1.83. The molecule has 1 fully saturated rings. The monoisotopic (exact) mass is 320 g/mol. The standard InChI is InChI=1S/C15H13FN2O3S/c16-22(20,21)13-9-15(19)18(10-13)12-6-4-11(5-7-12)14-3-1-2-8-17-14/h1-8,13H,9-10H2. The summed E-state index contributed by atoms with van der Waals surface area (Å²) in [5.41, 5.74) is 2.23. The minimum atomic E-state index is -4.70. The van der Waals surface area contributed by atoms with E-state index in [9.17, 15) is 17.1 Å². The molecule has 1 unspecified atom stereocenters. The topological polar surface area (TPSA) is 67.3 Å². The first-order chi connectivity index (χ1) is 10.4. The van der Waals surface area contributed by atoms with Crippen LogP contribution in [0.5, 0.6) is 0 Å². The van der Waals surface area contributed by atoms with Crippen LogP contribution in [0.25, 0.3) is 11.3 Å². The van der Waals surface area contributed by atoms with E-state index in [0.29, 0.717) is 5.69 Å². The molecule has 114 valence electrons. The van der Waals surface area contributed by atoms with Gasteiger partial charge in [0, 0.05) is 30.4 Å². The van der Waals surface area contributed by atoms with Crippen LogP contribution in [0.4, 0.5) is 9.57 Å². The zero-order chi connectivity index (χ0) is 15.7. The largest absolute Gasteiger partial charge is 0.311 e. The normalized spacial score (nSPS) is 18.7. The van der Waals surface area contributed by atoms with Gasteiger partial charge in [-0.15, -0.1) is 3.89 Å². The summed E-state index contributed by atoms with van der Waals surface area (Å²) in [5, 5.41) is -1.28. The Morgan fingerprint density at radius 2 is 1.86 bits per heavy atom. The van der Waals surface area contributed by atoms with Crippen molar-refractivity contribution < 1.29 is 17.1 Å². The van der Waals surface area contributed by atoms with Gasteiger partial charge in [0.05, 0.1) is 5.69 Å². The van der Waals surface area contributed by atoms with Crippen LogP contribution >= 0.6 is 0 Å². The van der Waals surface area contributed by atoms with Crippen LogP contribution in [0.3, 0.4) is 0 Å². The van der Waals surface area contributed by atoms with Crippen LogP contribution in [0, 0.1) is 0 Å². The van der Waals surface area contributed by atoms with Crippen molar-refractivity contribution in [1.29, 1.82) is 0 Å². The Morgan fingerprint density at radius 1 is 1.14 bits per heavy atom. The van der Waals surface area contributed by atoms with E-state index in [0.717, 1.165) is 11.3 Å². The molecule has 0 spiro atoms. The molecule has 1 amide bonds. The van der Waals surface area contributed by atoms with E-state index in [1.165, 1.54) is 4.90 Å². The lowest BCUT2D eigenvalue weighted by Gasteiger charge is -2.16. The number of amides is 1. The van der Waals surface area contributed by atoms with E-state index in [1.807, 2.05) is 18.2 Å². The van der Waals surface area contributed by atoms with Crippen molar-refractivity contribution in [3.8, 4) is 11.3 Å². The third kappa shape index (κ3) is 2.85. The Kier molecular flexibility index (Phi) is 3.66. The average molecular weight is 320 g/mol. The van der Waals surface area contributed by atoms with Gasteiger partial charge in [0.2, 0.25) is 5.91 Å². The molecule has 1 aromatic heterocycles. The number of anilines is 1. The van der Waals surface area contributed by atoms with Crippen LogP contribution < -0.4 is 4.90 Å². The molecule has 0 saturated carbocycles. The highest BCUT2D eigenvalue weighted by atomic mass is 32.3. The molecule has 1 saturated heterocycles. The molecule has 3 rings (SSSR count). The number of rotatable bonds is 3. The predicted molar refractivity (Wildman–Crippen MR) is 80.5 cm³/mol. The molecule has 22 heavy (non-hydrogen) atoms. The maximum atomic E-state index is 13.0. The minimum absolute atomic E-state index is 0.152. The van der Waals surface area contributed by atoms with Crippen molar-refractivity contribution >= 4 is 21.8 Å². The Hall–Kier alpha value is -2.28. The number of carbonyl (C=O) groups excluding carboxylic acids is 1. The van der Waals surface area contributed by atoms with Crippen molar-refractivity contribution in [3.05, 3.63) is 48.7 Å². The van der Waals surface area contributed by atoms with Crippen molar-refractivity contribution in [2.24, 2.45) is 0 Å². The molecule has 1 atom stereocenters. The quantitative estimate of drug-likeness (QED) is 0.813. The van der Waals surface area contributed by atoms with E-state index < -0.39 is 21.4 Å².